The highest BCUT2D eigenvalue weighted by molar-refractivity contribution is 6.32. The minimum atomic E-state index is -4.69. The minimum Gasteiger partial charge on any atom is -0.490 e. The van der Waals surface area contributed by atoms with Crippen LogP contribution in [0.1, 0.15) is 43.5 Å². The molecule has 1 amide bonds. The van der Waals surface area contributed by atoms with Crippen molar-refractivity contribution in [2.45, 2.75) is 51.4 Å². The number of carbonyl (C=O) groups excluding carboxylic acids is 1. The lowest BCUT2D eigenvalue weighted by molar-refractivity contribution is -0.141. The van der Waals surface area contributed by atoms with E-state index in [9.17, 15) is 26.7 Å². The lowest BCUT2D eigenvalue weighted by Gasteiger charge is -2.13. The average molecular weight is 468 g/mol. The number of carbonyl (C=O) groups is 1. The van der Waals surface area contributed by atoms with Gasteiger partial charge in [0.15, 0.2) is 17.2 Å². The smallest absolute Gasteiger partial charge is 0.436 e. The first-order valence-corrected chi connectivity index (χ1v) is 9.82. The monoisotopic (exact) mass is 467 g/mol. The highest BCUT2D eigenvalue weighted by Gasteiger charge is 2.42. The van der Waals surface area contributed by atoms with E-state index in [2.05, 4.69) is 15.2 Å². The SMILES string of the molecule is CCOc1cc(NC(=O)CCn2nc(C(F)(F)F)c(Cl)c2C2CC2)ccc1OC(F)F. The minimum absolute atomic E-state index is 0.0188. The quantitative estimate of drug-likeness (QED) is 0.497. The molecule has 0 radical (unpaired) electrons. The van der Waals surface area contributed by atoms with E-state index in [0.29, 0.717) is 12.8 Å². The normalized spacial score (nSPS) is 14.1. The summed E-state index contributed by atoms with van der Waals surface area (Å²) in [5.74, 6) is -0.776. The maximum absolute atomic E-state index is 13.1. The van der Waals surface area contributed by atoms with Crippen LogP contribution in [0.4, 0.5) is 27.6 Å². The summed E-state index contributed by atoms with van der Waals surface area (Å²) in [4.78, 5) is 12.3. The molecule has 170 valence electrons. The van der Waals surface area contributed by atoms with E-state index in [1.807, 2.05) is 0 Å². The van der Waals surface area contributed by atoms with E-state index in [1.54, 1.807) is 6.92 Å². The standard InChI is InChI=1S/C19H19ClF5N3O3/c1-2-30-13-9-11(5-6-12(13)31-18(21)22)26-14(29)7-8-28-16(10-3-4-10)15(20)17(27-28)19(23,24)25/h5-6,9-10,18H,2-4,7-8H2,1H3,(H,26,29). The molecule has 1 aromatic heterocycles. The third-order valence-electron chi connectivity index (χ3n) is 4.46. The van der Waals surface area contributed by atoms with Crippen molar-refractivity contribution in [3.63, 3.8) is 0 Å². The molecule has 0 aliphatic heterocycles. The maximum Gasteiger partial charge on any atom is 0.436 e. The van der Waals surface area contributed by atoms with Crippen LogP contribution in [0.15, 0.2) is 18.2 Å². The number of rotatable bonds is 9. The molecular weight excluding hydrogens is 449 g/mol. The van der Waals surface area contributed by atoms with Gasteiger partial charge in [-0.1, -0.05) is 11.6 Å². The van der Waals surface area contributed by atoms with E-state index in [4.69, 9.17) is 16.3 Å². The Kier molecular flexibility index (Phi) is 6.93. The summed E-state index contributed by atoms with van der Waals surface area (Å²) in [6, 6.07) is 3.89. The first-order chi connectivity index (χ1) is 14.6. The highest BCUT2D eigenvalue weighted by Crippen LogP contribution is 2.47. The van der Waals surface area contributed by atoms with Crippen LogP contribution in [0.25, 0.3) is 0 Å². The number of aromatic nitrogens is 2. The topological polar surface area (TPSA) is 65.4 Å². The fourth-order valence-corrected chi connectivity index (χ4v) is 3.43. The predicted molar refractivity (Wildman–Crippen MR) is 102 cm³/mol. The first kappa shape index (κ1) is 23.1. The summed E-state index contributed by atoms with van der Waals surface area (Å²) in [5, 5.41) is 5.70. The van der Waals surface area contributed by atoms with Crippen LogP contribution in [0.3, 0.4) is 0 Å². The number of alkyl halides is 5. The van der Waals surface area contributed by atoms with Crippen molar-refractivity contribution in [3.8, 4) is 11.5 Å². The van der Waals surface area contributed by atoms with Gasteiger partial charge in [-0.3, -0.25) is 9.48 Å². The number of anilines is 1. The molecule has 12 heteroatoms. The molecule has 0 bridgehead atoms. The molecule has 3 rings (SSSR count). The Balaban J connectivity index is 1.69. The second kappa shape index (κ2) is 9.29. The van der Waals surface area contributed by atoms with E-state index >= 15 is 0 Å². The van der Waals surface area contributed by atoms with Gasteiger partial charge in [0.2, 0.25) is 5.91 Å². The lowest BCUT2D eigenvalue weighted by atomic mass is 10.2. The molecule has 6 nitrogen and oxygen atoms in total. The van der Waals surface area contributed by atoms with Gasteiger partial charge in [-0.25, -0.2) is 0 Å². The number of nitrogens with one attached hydrogen (secondary N) is 1. The summed E-state index contributed by atoms with van der Waals surface area (Å²) in [7, 11) is 0. The zero-order chi connectivity index (χ0) is 22.8. The van der Waals surface area contributed by atoms with E-state index in [1.165, 1.54) is 18.2 Å². The maximum atomic E-state index is 13.1. The molecule has 2 aromatic rings. The van der Waals surface area contributed by atoms with Crippen molar-refractivity contribution in [2.75, 3.05) is 11.9 Å². The van der Waals surface area contributed by atoms with Crippen LogP contribution in [0.2, 0.25) is 5.02 Å². The number of aryl methyl sites for hydroxylation is 1. The van der Waals surface area contributed by atoms with Crippen molar-refractivity contribution in [1.29, 1.82) is 0 Å². The average Bonchev–Trinajstić information content (AvgIpc) is 3.44. The molecule has 1 saturated carbocycles. The first-order valence-electron chi connectivity index (χ1n) is 9.45. The third-order valence-corrected chi connectivity index (χ3v) is 4.83. The molecule has 0 unspecified atom stereocenters. The van der Waals surface area contributed by atoms with Gasteiger partial charge in [0.05, 0.1) is 23.9 Å². The van der Waals surface area contributed by atoms with Gasteiger partial charge in [0, 0.05) is 24.1 Å². The number of nitrogens with zero attached hydrogens (tertiary/aromatic N) is 2. The fourth-order valence-electron chi connectivity index (χ4n) is 3.03. The predicted octanol–water partition coefficient (Wildman–Crippen LogP) is 5.46. The summed E-state index contributed by atoms with van der Waals surface area (Å²) >= 11 is 5.91. The van der Waals surface area contributed by atoms with Crippen molar-refractivity contribution in [2.24, 2.45) is 0 Å². The van der Waals surface area contributed by atoms with Crippen LogP contribution in [0, 0.1) is 0 Å². The Hall–Kier alpha value is -2.56. The van der Waals surface area contributed by atoms with E-state index in [-0.39, 0.29) is 48.4 Å². The second-order valence-corrected chi connectivity index (χ2v) is 7.19. The molecule has 31 heavy (non-hydrogen) atoms. The van der Waals surface area contributed by atoms with Gasteiger partial charge in [0.1, 0.15) is 0 Å². The molecular formula is C19H19ClF5N3O3. The molecule has 1 heterocycles. The van der Waals surface area contributed by atoms with Gasteiger partial charge < -0.3 is 14.8 Å². The van der Waals surface area contributed by atoms with Crippen LogP contribution < -0.4 is 14.8 Å². The Morgan fingerprint density at radius 3 is 2.61 bits per heavy atom. The highest BCUT2D eigenvalue weighted by atomic mass is 35.5. The van der Waals surface area contributed by atoms with Crippen LogP contribution in [-0.4, -0.2) is 28.9 Å². The molecule has 1 N–H and O–H groups in total. The summed E-state index contributed by atoms with van der Waals surface area (Å²) in [6.45, 7) is -1.30. The molecule has 0 spiro atoms. The molecule has 0 saturated heterocycles. The molecule has 1 fully saturated rings. The Bertz CT molecular complexity index is 945. The van der Waals surface area contributed by atoms with Crippen molar-refractivity contribution in [3.05, 3.63) is 34.6 Å². The Labute approximate surface area is 179 Å². The van der Waals surface area contributed by atoms with Gasteiger partial charge in [-0.2, -0.15) is 27.1 Å². The summed E-state index contributed by atoms with van der Waals surface area (Å²) in [6.07, 6.45) is -3.44. The van der Waals surface area contributed by atoms with E-state index < -0.39 is 29.4 Å². The van der Waals surface area contributed by atoms with E-state index in [0.717, 1.165) is 4.68 Å². The number of amides is 1. The van der Waals surface area contributed by atoms with Crippen molar-refractivity contribution in [1.82, 2.24) is 9.78 Å². The molecule has 1 aliphatic rings. The number of ether oxygens (including phenoxy) is 2. The number of benzene rings is 1. The number of hydrogen-bond donors (Lipinski definition) is 1. The van der Waals surface area contributed by atoms with Gasteiger partial charge in [-0.05, 0) is 31.9 Å². The summed E-state index contributed by atoms with van der Waals surface area (Å²) in [5.41, 5.74) is -0.617. The molecule has 0 atom stereocenters. The van der Waals surface area contributed by atoms with Crippen molar-refractivity contribution >= 4 is 23.2 Å². The largest absolute Gasteiger partial charge is 0.490 e. The Morgan fingerprint density at radius 1 is 1.32 bits per heavy atom. The zero-order valence-corrected chi connectivity index (χ0v) is 17.1. The van der Waals surface area contributed by atoms with Gasteiger partial charge >= 0.3 is 12.8 Å². The number of halogens is 6. The molecule has 1 aliphatic carbocycles. The third kappa shape index (κ3) is 5.78. The summed E-state index contributed by atoms with van der Waals surface area (Å²) < 4.78 is 75.0. The van der Waals surface area contributed by atoms with Gasteiger partial charge in [-0.15, -0.1) is 0 Å². The Morgan fingerprint density at radius 2 is 2.03 bits per heavy atom. The fraction of sp³-hybridized carbons (Fsp3) is 0.474. The molecule has 1 aromatic carbocycles. The van der Waals surface area contributed by atoms with Crippen LogP contribution in [0.5, 0.6) is 11.5 Å². The number of hydrogen-bond acceptors (Lipinski definition) is 4. The van der Waals surface area contributed by atoms with Crippen LogP contribution in [-0.2, 0) is 17.5 Å². The van der Waals surface area contributed by atoms with Crippen molar-refractivity contribution < 1.29 is 36.2 Å². The lowest BCUT2D eigenvalue weighted by Crippen LogP contribution is -2.16. The zero-order valence-electron chi connectivity index (χ0n) is 16.3. The van der Waals surface area contributed by atoms with Crippen LogP contribution >= 0.6 is 11.6 Å². The second-order valence-electron chi connectivity index (χ2n) is 6.81. The van der Waals surface area contributed by atoms with Gasteiger partial charge in [0.25, 0.3) is 0 Å².